The Morgan fingerprint density at radius 3 is 2.32 bits per heavy atom. The van der Waals surface area contributed by atoms with Gasteiger partial charge in [0.2, 0.25) is 0 Å². The lowest BCUT2D eigenvalue weighted by atomic mass is 10.2. The Bertz CT molecular complexity index is 571. The Labute approximate surface area is 139 Å². The minimum absolute atomic E-state index is 0.198. The first-order valence-corrected chi connectivity index (χ1v) is 7.71. The highest BCUT2D eigenvalue weighted by Crippen LogP contribution is 2.40. The molecule has 3 nitrogen and oxygen atoms in total. The van der Waals surface area contributed by atoms with Gasteiger partial charge < -0.3 is 14.6 Å². The number of phenols is 1. The first-order chi connectivity index (χ1) is 9.13. The molecule has 2 aromatic carbocycles. The average Bonchev–Trinajstić information content (AvgIpc) is 2.45. The molecule has 19 heavy (non-hydrogen) atoms. The van der Waals surface area contributed by atoms with Crippen LogP contribution in [-0.2, 0) is 6.61 Å². The summed E-state index contributed by atoms with van der Waals surface area (Å²) in [6, 6.07) is 11.7. The fraction of sp³-hybridized carbons (Fsp3) is 0.143. The third-order valence-corrected chi connectivity index (χ3v) is 4.65. The summed E-state index contributed by atoms with van der Waals surface area (Å²) in [5, 5.41) is 10.0. The lowest BCUT2D eigenvalue weighted by Crippen LogP contribution is -1.99. The highest BCUT2D eigenvalue weighted by molar-refractivity contribution is 14.1. The molecule has 2 rings (SSSR count). The van der Waals surface area contributed by atoms with Crippen molar-refractivity contribution >= 4 is 45.2 Å². The number of phenolic OH excluding ortho intramolecular Hbond substituents is 1. The fourth-order valence-corrected chi connectivity index (χ4v) is 3.31. The molecule has 0 radical (unpaired) electrons. The number of ether oxygens (including phenoxy) is 2. The fourth-order valence-electron chi connectivity index (χ4n) is 1.56. The van der Waals surface area contributed by atoms with Gasteiger partial charge >= 0.3 is 0 Å². The normalized spacial score (nSPS) is 10.3. The van der Waals surface area contributed by atoms with Gasteiger partial charge in [0.15, 0.2) is 0 Å². The van der Waals surface area contributed by atoms with Crippen LogP contribution in [0.3, 0.4) is 0 Å². The minimum Gasteiger partial charge on any atom is -0.505 e. The van der Waals surface area contributed by atoms with Gasteiger partial charge in [0.25, 0.3) is 0 Å². The van der Waals surface area contributed by atoms with Crippen molar-refractivity contribution in [3.8, 4) is 17.2 Å². The summed E-state index contributed by atoms with van der Waals surface area (Å²) < 4.78 is 12.4. The van der Waals surface area contributed by atoms with Crippen molar-refractivity contribution in [3.63, 3.8) is 0 Å². The summed E-state index contributed by atoms with van der Waals surface area (Å²) in [4.78, 5) is 0. The van der Waals surface area contributed by atoms with Gasteiger partial charge in [-0.2, -0.15) is 0 Å². The number of benzene rings is 2. The van der Waals surface area contributed by atoms with Crippen molar-refractivity contribution in [1.82, 2.24) is 0 Å². The Balaban J connectivity index is 2.23. The van der Waals surface area contributed by atoms with Crippen LogP contribution in [0.15, 0.2) is 36.4 Å². The number of aromatic hydroxyl groups is 1. The summed E-state index contributed by atoms with van der Waals surface area (Å²) in [7, 11) is 1.57. The van der Waals surface area contributed by atoms with Crippen LogP contribution < -0.4 is 9.47 Å². The molecule has 0 unspecified atom stereocenters. The van der Waals surface area contributed by atoms with Gasteiger partial charge in [-0.05, 0) is 50.7 Å². The molecule has 0 aliphatic rings. The van der Waals surface area contributed by atoms with Crippen LogP contribution in [0.25, 0.3) is 0 Å². The summed E-state index contributed by atoms with van der Waals surface area (Å²) in [5.41, 5.74) is 1.08. The Kier molecular flexibility index (Phi) is 5.14. The quantitative estimate of drug-likeness (QED) is 0.665. The van der Waals surface area contributed by atoms with Crippen molar-refractivity contribution < 1.29 is 14.6 Å². The molecular weight excluding hydrogens is 470 g/mol. The van der Waals surface area contributed by atoms with Crippen molar-refractivity contribution in [1.29, 1.82) is 0 Å². The molecule has 0 spiro atoms. The van der Waals surface area contributed by atoms with E-state index >= 15 is 0 Å². The zero-order valence-corrected chi connectivity index (χ0v) is 14.5. The summed E-state index contributed by atoms with van der Waals surface area (Å²) in [6.07, 6.45) is 0. The van der Waals surface area contributed by atoms with Crippen LogP contribution >= 0.6 is 45.2 Å². The maximum atomic E-state index is 10.0. The van der Waals surface area contributed by atoms with Crippen molar-refractivity contribution in [3.05, 3.63) is 49.1 Å². The molecule has 100 valence electrons. The van der Waals surface area contributed by atoms with Crippen molar-refractivity contribution in [2.24, 2.45) is 0 Å². The average molecular weight is 482 g/mol. The second-order valence-corrected chi connectivity index (χ2v) is 5.99. The highest BCUT2D eigenvalue weighted by atomic mass is 127. The molecule has 0 aromatic heterocycles. The lowest BCUT2D eigenvalue weighted by molar-refractivity contribution is 0.298. The van der Waals surface area contributed by atoms with E-state index in [-0.39, 0.29) is 5.75 Å². The molecule has 0 aliphatic heterocycles. The zero-order chi connectivity index (χ0) is 13.8. The van der Waals surface area contributed by atoms with E-state index in [2.05, 4.69) is 45.2 Å². The standard InChI is InChI=1S/C14H12I2O3/c1-18-10-7-11(13(16)14(17)12(10)15)19-8-9-5-3-2-4-6-9/h2-7,17H,8H2,1H3. The van der Waals surface area contributed by atoms with Crippen LogP contribution in [-0.4, -0.2) is 12.2 Å². The van der Waals surface area contributed by atoms with E-state index in [1.165, 1.54) is 0 Å². The monoisotopic (exact) mass is 482 g/mol. The molecule has 5 heteroatoms. The van der Waals surface area contributed by atoms with E-state index in [0.717, 1.165) is 5.56 Å². The summed E-state index contributed by atoms with van der Waals surface area (Å²) in [5.74, 6) is 1.43. The van der Waals surface area contributed by atoms with Crippen molar-refractivity contribution in [2.45, 2.75) is 6.61 Å². The molecule has 0 heterocycles. The largest absolute Gasteiger partial charge is 0.505 e. The first kappa shape index (κ1) is 14.7. The zero-order valence-electron chi connectivity index (χ0n) is 10.2. The van der Waals surface area contributed by atoms with Crippen LogP contribution in [0.2, 0.25) is 0 Å². The molecule has 2 aromatic rings. The molecule has 0 amide bonds. The topological polar surface area (TPSA) is 38.7 Å². The SMILES string of the molecule is COc1cc(OCc2ccccc2)c(I)c(O)c1I. The Hall–Kier alpha value is -0.700. The van der Waals surface area contributed by atoms with E-state index in [9.17, 15) is 5.11 Å². The van der Waals surface area contributed by atoms with Gasteiger partial charge in [0.05, 0.1) is 14.3 Å². The predicted molar refractivity (Wildman–Crippen MR) is 90.9 cm³/mol. The molecular formula is C14H12I2O3. The van der Waals surface area contributed by atoms with E-state index in [1.807, 2.05) is 30.3 Å². The van der Waals surface area contributed by atoms with E-state index in [1.54, 1.807) is 13.2 Å². The predicted octanol–water partition coefficient (Wildman–Crippen LogP) is 4.19. The van der Waals surface area contributed by atoms with Crippen LogP contribution in [0.5, 0.6) is 17.2 Å². The van der Waals surface area contributed by atoms with E-state index in [4.69, 9.17) is 9.47 Å². The lowest BCUT2D eigenvalue weighted by Gasteiger charge is -2.13. The maximum absolute atomic E-state index is 10.0. The van der Waals surface area contributed by atoms with Crippen LogP contribution in [0, 0.1) is 7.14 Å². The number of rotatable bonds is 4. The molecule has 0 fully saturated rings. The number of methoxy groups -OCH3 is 1. The maximum Gasteiger partial charge on any atom is 0.149 e. The van der Waals surface area contributed by atoms with Gasteiger partial charge in [-0.3, -0.25) is 0 Å². The first-order valence-electron chi connectivity index (χ1n) is 5.55. The summed E-state index contributed by atoms with van der Waals surface area (Å²) >= 11 is 4.12. The van der Waals surface area contributed by atoms with Crippen LogP contribution in [0.1, 0.15) is 5.56 Å². The van der Waals surface area contributed by atoms with E-state index < -0.39 is 0 Å². The smallest absolute Gasteiger partial charge is 0.149 e. The second kappa shape index (κ2) is 6.65. The minimum atomic E-state index is 0.198. The molecule has 0 aliphatic carbocycles. The van der Waals surface area contributed by atoms with Gasteiger partial charge in [-0.25, -0.2) is 0 Å². The van der Waals surface area contributed by atoms with Gasteiger partial charge in [0, 0.05) is 6.07 Å². The number of halogens is 2. The van der Waals surface area contributed by atoms with Crippen molar-refractivity contribution in [2.75, 3.05) is 7.11 Å². The molecule has 0 bridgehead atoms. The van der Waals surface area contributed by atoms with Gasteiger partial charge in [-0.1, -0.05) is 30.3 Å². The second-order valence-electron chi connectivity index (χ2n) is 3.83. The molecule has 1 N–H and O–H groups in total. The third kappa shape index (κ3) is 3.44. The van der Waals surface area contributed by atoms with E-state index in [0.29, 0.717) is 25.2 Å². The Morgan fingerprint density at radius 1 is 1.05 bits per heavy atom. The number of hydrogen-bond acceptors (Lipinski definition) is 3. The third-order valence-electron chi connectivity index (χ3n) is 2.57. The molecule has 0 saturated carbocycles. The molecule has 0 saturated heterocycles. The molecule has 0 atom stereocenters. The van der Waals surface area contributed by atoms with Gasteiger partial charge in [0.1, 0.15) is 23.9 Å². The Morgan fingerprint density at radius 2 is 1.68 bits per heavy atom. The summed E-state index contributed by atoms with van der Waals surface area (Å²) in [6.45, 7) is 0.458. The highest BCUT2D eigenvalue weighted by Gasteiger charge is 2.15. The number of hydrogen-bond donors (Lipinski definition) is 1. The van der Waals surface area contributed by atoms with Gasteiger partial charge in [-0.15, -0.1) is 0 Å². The van der Waals surface area contributed by atoms with Crippen LogP contribution in [0.4, 0.5) is 0 Å².